The first-order valence-corrected chi connectivity index (χ1v) is 11.1. The molecule has 1 N–H and O–H groups in total. The Morgan fingerprint density at radius 1 is 1.21 bits per heavy atom. The minimum Gasteiger partial charge on any atom is -0.383 e. The number of guanidine groups is 1. The van der Waals surface area contributed by atoms with Crippen molar-refractivity contribution in [3.63, 3.8) is 0 Å². The van der Waals surface area contributed by atoms with Crippen molar-refractivity contribution in [2.24, 2.45) is 10.9 Å². The molecule has 2 aliphatic heterocycles. The number of piperidine rings is 1. The summed E-state index contributed by atoms with van der Waals surface area (Å²) >= 11 is 0. The van der Waals surface area contributed by atoms with Crippen molar-refractivity contribution in [2.75, 3.05) is 72.6 Å². The molecule has 8 nitrogen and oxygen atoms in total. The van der Waals surface area contributed by atoms with Gasteiger partial charge < -0.3 is 24.4 Å². The van der Waals surface area contributed by atoms with E-state index in [0.717, 1.165) is 76.4 Å². The molecule has 164 valence electrons. The standard InChI is InChI=1S/C21H38N6O2/c1-4-22-21(23-16-19-5-7-25(8-6-19)13-14-28-3)27-11-9-26(10-12-27)17-20-15-18(2)29-24-20/h15,19H,4-14,16-17H2,1-3H3,(H,22,23). The van der Waals surface area contributed by atoms with E-state index in [1.165, 1.54) is 25.9 Å². The van der Waals surface area contributed by atoms with Gasteiger partial charge in [0.05, 0.1) is 12.3 Å². The van der Waals surface area contributed by atoms with Gasteiger partial charge in [0.25, 0.3) is 0 Å². The summed E-state index contributed by atoms with van der Waals surface area (Å²) in [7, 11) is 1.78. The smallest absolute Gasteiger partial charge is 0.194 e. The Bertz CT molecular complexity index is 618. The Hall–Kier alpha value is -1.64. The number of aromatic nitrogens is 1. The molecule has 1 aromatic rings. The number of aliphatic imine (C=N–C) groups is 1. The highest BCUT2D eigenvalue weighted by molar-refractivity contribution is 5.80. The molecule has 2 fully saturated rings. The molecule has 2 aliphatic rings. The quantitative estimate of drug-likeness (QED) is 0.517. The van der Waals surface area contributed by atoms with Gasteiger partial charge in [0.1, 0.15) is 5.76 Å². The zero-order valence-corrected chi connectivity index (χ0v) is 18.4. The van der Waals surface area contributed by atoms with Gasteiger partial charge in [0, 0.05) is 65.5 Å². The molecule has 0 bridgehead atoms. The van der Waals surface area contributed by atoms with Crippen molar-refractivity contribution >= 4 is 5.96 Å². The van der Waals surface area contributed by atoms with E-state index in [0.29, 0.717) is 5.92 Å². The monoisotopic (exact) mass is 406 g/mol. The van der Waals surface area contributed by atoms with E-state index in [4.69, 9.17) is 14.3 Å². The first-order chi connectivity index (χ1) is 14.2. The normalized spacial score (nSPS) is 20.4. The molecule has 0 atom stereocenters. The van der Waals surface area contributed by atoms with Crippen LogP contribution in [0.5, 0.6) is 0 Å². The third-order valence-corrected chi connectivity index (χ3v) is 5.89. The Morgan fingerprint density at radius 3 is 2.59 bits per heavy atom. The van der Waals surface area contributed by atoms with E-state index in [-0.39, 0.29) is 0 Å². The largest absolute Gasteiger partial charge is 0.383 e. The van der Waals surface area contributed by atoms with Gasteiger partial charge >= 0.3 is 0 Å². The molecular weight excluding hydrogens is 368 g/mol. The SMILES string of the molecule is CCNC(=NCC1CCN(CCOC)CC1)N1CCN(Cc2cc(C)on2)CC1. The highest BCUT2D eigenvalue weighted by Crippen LogP contribution is 2.17. The molecule has 0 aliphatic carbocycles. The maximum Gasteiger partial charge on any atom is 0.194 e. The van der Waals surface area contributed by atoms with Crippen molar-refractivity contribution < 1.29 is 9.26 Å². The second-order valence-corrected chi connectivity index (χ2v) is 8.16. The van der Waals surface area contributed by atoms with Crippen LogP contribution in [0.4, 0.5) is 0 Å². The summed E-state index contributed by atoms with van der Waals surface area (Å²) in [4.78, 5) is 12.3. The van der Waals surface area contributed by atoms with Crippen LogP contribution in [0.25, 0.3) is 0 Å². The summed E-state index contributed by atoms with van der Waals surface area (Å²) in [5.74, 6) is 2.65. The zero-order chi connectivity index (χ0) is 20.5. The van der Waals surface area contributed by atoms with Crippen molar-refractivity contribution in [2.45, 2.75) is 33.2 Å². The molecule has 3 heterocycles. The summed E-state index contributed by atoms with van der Waals surface area (Å²) in [6.45, 7) is 15.0. The number of likely N-dealkylation sites (tertiary alicyclic amines) is 1. The number of piperazine rings is 1. The molecule has 0 radical (unpaired) electrons. The first-order valence-electron chi connectivity index (χ1n) is 11.1. The van der Waals surface area contributed by atoms with Gasteiger partial charge in [-0.05, 0) is 45.7 Å². The molecule has 0 amide bonds. The number of nitrogens with one attached hydrogen (secondary N) is 1. The van der Waals surface area contributed by atoms with Gasteiger partial charge in [-0.1, -0.05) is 5.16 Å². The number of aryl methyl sites for hydroxylation is 1. The Balaban J connectivity index is 1.43. The lowest BCUT2D eigenvalue weighted by atomic mass is 9.97. The van der Waals surface area contributed by atoms with Crippen LogP contribution < -0.4 is 5.32 Å². The van der Waals surface area contributed by atoms with E-state index in [9.17, 15) is 0 Å². The second-order valence-electron chi connectivity index (χ2n) is 8.16. The summed E-state index contributed by atoms with van der Waals surface area (Å²) in [6.07, 6.45) is 2.47. The Labute approximate surface area is 175 Å². The van der Waals surface area contributed by atoms with Crippen LogP contribution in [0.2, 0.25) is 0 Å². The van der Waals surface area contributed by atoms with E-state index in [2.05, 4.69) is 32.1 Å². The van der Waals surface area contributed by atoms with Gasteiger partial charge in [-0.2, -0.15) is 0 Å². The molecule has 1 aromatic heterocycles. The van der Waals surface area contributed by atoms with Crippen LogP contribution in [0.15, 0.2) is 15.6 Å². The highest BCUT2D eigenvalue weighted by atomic mass is 16.5. The van der Waals surface area contributed by atoms with Crippen LogP contribution in [-0.2, 0) is 11.3 Å². The molecule has 0 saturated carbocycles. The first kappa shape index (κ1) is 22.1. The van der Waals surface area contributed by atoms with Gasteiger partial charge in [0.2, 0.25) is 0 Å². The lowest BCUT2D eigenvalue weighted by molar-refractivity contribution is 0.121. The molecule has 8 heteroatoms. The number of rotatable bonds is 8. The van der Waals surface area contributed by atoms with Gasteiger partial charge in [-0.15, -0.1) is 0 Å². The van der Waals surface area contributed by atoms with Crippen molar-refractivity contribution in [3.05, 3.63) is 17.5 Å². The molecule has 0 spiro atoms. The van der Waals surface area contributed by atoms with Crippen molar-refractivity contribution in [3.8, 4) is 0 Å². The zero-order valence-electron chi connectivity index (χ0n) is 18.4. The van der Waals surface area contributed by atoms with Crippen LogP contribution in [0, 0.1) is 12.8 Å². The highest BCUT2D eigenvalue weighted by Gasteiger charge is 2.22. The number of methoxy groups -OCH3 is 1. The predicted octanol–water partition coefficient (Wildman–Crippen LogP) is 1.42. The van der Waals surface area contributed by atoms with Crippen LogP contribution in [0.1, 0.15) is 31.2 Å². The van der Waals surface area contributed by atoms with Crippen molar-refractivity contribution in [1.82, 2.24) is 25.2 Å². The maximum absolute atomic E-state index is 5.20. The summed E-state index contributed by atoms with van der Waals surface area (Å²) < 4.78 is 10.4. The molecule has 0 unspecified atom stereocenters. The Kier molecular flexibility index (Phi) is 8.76. The fraction of sp³-hybridized carbons (Fsp3) is 0.810. The van der Waals surface area contributed by atoms with E-state index in [1.807, 2.05) is 13.0 Å². The lowest BCUT2D eigenvalue weighted by Crippen LogP contribution is -2.52. The third-order valence-electron chi connectivity index (χ3n) is 5.89. The Morgan fingerprint density at radius 2 is 1.97 bits per heavy atom. The summed E-state index contributed by atoms with van der Waals surface area (Å²) in [5.41, 5.74) is 1.02. The van der Waals surface area contributed by atoms with Gasteiger partial charge in [-0.3, -0.25) is 9.89 Å². The number of nitrogens with zero attached hydrogens (tertiary/aromatic N) is 5. The molecular formula is C21H38N6O2. The minimum atomic E-state index is 0.694. The van der Waals surface area contributed by atoms with Crippen molar-refractivity contribution in [1.29, 1.82) is 0 Å². The van der Waals surface area contributed by atoms with E-state index >= 15 is 0 Å². The molecule has 3 rings (SSSR count). The average Bonchev–Trinajstić information content (AvgIpc) is 3.15. The fourth-order valence-corrected chi connectivity index (χ4v) is 4.09. The number of hydrogen-bond acceptors (Lipinski definition) is 6. The lowest BCUT2D eigenvalue weighted by Gasteiger charge is -2.36. The predicted molar refractivity (Wildman–Crippen MR) is 115 cm³/mol. The molecule has 29 heavy (non-hydrogen) atoms. The number of ether oxygens (including phenoxy) is 1. The second kappa shape index (κ2) is 11.5. The summed E-state index contributed by atoms with van der Waals surface area (Å²) in [6, 6.07) is 2.03. The summed E-state index contributed by atoms with van der Waals surface area (Å²) in [5, 5.41) is 7.62. The van der Waals surface area contributed by atoms with Crippen LogP contribution >= 0.6 is 0 Å². The van der Waals surface area contributed by atoms with Crippen LogP contribution in [0.3, 0.4) is 0 Å². The van der Waals surface area contributed by atoms with Crippen LogP contribution in [-0.4, -0.2) is 98.4 Å². The maximum atomic E-state index is 5.20. The molecule has 0 aromatic carbocycles. The van der Waals surface area contributed by atoms with E-state index in [1.54, 1.807) is 7.11 Å². The average molecular weight is 407 g/mol. The third kappa shape index (κ3) is 6.97. The number of hydrogen-bond donors (Lipinski definition) is 1. The van der Waals surface area contributed by atoms with Gasteiger partial charge in [-0.25, -0.2) is 0 Å². The fourth-order valence-electron chi connectivity index (χ4n) is 4.09. The topological polar surface area (TPSA) is 69.4 Å². The molecule has 2 saturated heterocycles. The van der Waals surface area contributed by atoms with Gasteiger partial charge in [0.15, 0.2) is 5.96 Å². The minimum absolute atomic E-state index is 0.694. The van der Waals surface area contributed by atoms with E-state index < -0.39 is 0 Å².